The lowest BCUT2D eigenvalue weighted by Crippen LogP contribution is -2.35. The summed E-state index contributed by atoms with van der Waals surface area (Å²) in [5, 5.41) is 4.32. The van der Waals surface area contributed by atoms with Crippen LogP contribution in [0.25, 0.3) is 0 Å². The first-order valence-electron chi connectivity index (χ1n) is 5.29. The summed E-state index contributed by atoms with van der Waals surface area (Å²) in [7, 11) is 0. The molecule has 1 fully saturated rings. The van der Waals surface area contributed by atoms with Crippen LogP contribution in [0.2, 0.25) is 0 Å². The first-order chi connectivity index (χ1) is 7.12. The van der Waals surface area contributed by atoms with Gasteiger partial charge in [-0.15, -0.1) is 0 Å². The Morgan fingerprint density at radius 3 is 2.87 bits per heavy atom. The lowest BCUT2D eigenvalue weighted by Gasteiger charge is -2.24. The van der Waals surface area contributed by atoms with Crippen LogP contribution in [0, 0.1) is 5.41 Å². The van der Waals surface area contributed by atoms with Gasteiger partial charge >= 0.3 is 0 Å². The molecule has 15 heavy (non-hydrogen) atoms. The van der Waals surface area contributed by atoms with Gasteiger partial charge in [-0.25, -0.2) is 0 Å². The molecule has 0 aromatic carbocycles. The molecule has 1 aromatic heterocycles. The van der Waals surface area contributed by atoms with Crippen molar-refractivity contribution < 1.29 is 0 Å². The van der Waals surface area contributed by atoms with Crippen molar-refractivity contribution >= 4 is 15.9 Å². The van der Waals surface area contributed by atoms with E-state index in [1.165, 1.54) is 18.5 Å². The number of hydrogen-bond acceptors (Lipinski definition) is 3. The van der Waals surface area contributed by atoms with E-state index in [9.17, 15) is 0 Å². The molecule has 5 heteroatoms. The third kappa shape index (κ3) is 1.84. The molecule has 0 amide bonds. The van der Waals surface area contributed by atoms with E-state index in [1.54, 1.807) is 0 Å². The zero-order chi connectivity index (χ0) is 11.1. The molecule has 1 aromatic rings. The van der Waals surface area contributed by atoms with Crippen molar-refractivity contribution in [3.63, 3.8) is 0 Å². The molecule has 0 aliphatic heterocycles. The van der Waals surface area contributed by atoms with E-state index in [2.05, 4.69) is 40.3 Å². The van der Waals surface area contributed by atoms with Gasteiger partial charge in [0.2, 0.25) is 0 Å². The fourth-order valence-corrected chi connectivity index (χ4v) is 2.53. The summed E-state index contributed by atoms with van der Waals surface area (Å²) in [5.74, 6) is 5.67. The lowest BCUT2D eigenvalue weighted by molar-refractivity contribution is 0.347. The number of hydrogen-bond donors (Lipinski definition) is 2. The quantitative estimate of drug-likeness (QED) is 0.651. The van der Waals surface area contributed by atoms with Gasteiger partial charge < -0.3 is 0 Å². The lowest BCUT2D eigenvalue weighted by atomic mass is 9.96. The van der Waals surface area contributed by atoms with Crippen LogP contribution in [-0.2, 0) is 6.54 Å². The average Bonchev–Trinajstić information content (AvgIpc) is 2.85. The first-order valence-corrected chi connectivity index (χ1v) is 6.09. The molecule has 0 radical (unpaired) electrons. The van der Waals surface area contributed by atoms with Gasteiger partial charge in [0.25, 0.3) is 0 Å². The molecule has 1 saturated carbocycles. The maximum atomic E-state index is 5.67. The molecule has 1 atom stereocenters. The zero-order valence-corrected chi connectivity index (χ0v) is 10.7. The number of nitrogens with one attached hydrogen (secondary N) is 1. The fraction of sp³-hybridized carbons (Fsp3) is 0.700. The van der Waals surface area contributed by atoms with Gasteiger partial charge in [-0.2, -0.15) is 5.10 Å². The third-order valence-corrected chi connectivity index (χ3v) is 3.92. The SMILES string of the molecule is CCn1ncc(Br)c1C(NN)C1(C)CC1. The van der Waals surface area contributed by atoms with Crippen LogP contribution in [0.4, 0.5) is 0 Å². The summed E-state index contributed by atoms with van der Waals surface area (Å²) in [6.07, 6.45) is 4.29. The van der Waals surface area contributed by atoms with Crippen LogP contribution in [0.1, 0.15) is 38.4 Å². The monoisotopic (exact) mass is 272 g/mol. The number of rotatable bonds is 4. The number of halogens is 1. The molecule has 1 heterocycles. The molecule has 4 nitrogen and oxygen atoms in total. The topological polar surface area (TPSA) is 55.9 Å². The Balaban J connectivity index is 2.37. The number of aromatic nitrogens is 2. The minimum atomic E-state index is 0.189. The van der Waals surface area contributed by atoms with E-state index in [-0.39, 0.29) is 6.04 Å². The van der Waals surface area contributed by atoms with Crippen LogP contribution >= 0.6 is 15.9 Å². The highest BCUT2D eigenvalue weighted by Crippen LogP contribution is 2.54. The minimum Gasteiger partial charge on any atom is -0.271 e. The van der Waals surface area contributed by atoms with Crippen molar-refractivity contribution in [2.24, 2.45) is 11.3 Å². The number of hydrazine groups is 1. The van der Waals surface area contributed by atoms with Crippen LogP contribution in [-0.4, -0.2) is 9.78 Å². The highest BCUT2D eigenvalue weighted by atomic mass is 79.9. The van der Waals surface area contributed by atoms with Crippen LogP contribution in [0.15, 0.2) is 10.7 Å². The number of nitrogens with two attached hydrogens (primary N) is 1. The van der Waals surface area contributed by atoms with E-state index in [0.29, 0.717) is 5.41 Å². The van der Waals surface area contributed by atoms with Crippen LogP contribution < -0.4 is 11.3 Å². The largest absolute Gasteiger partial charge is 0.271 e. The van der Waals surface area contributed by atoms with Crippen LogP contribution in [0.5, 0.6) is 0 Å². The minimum absolute atomic E-state index is 0.189. The van der Waals surface area contributed by atoms with Crippen molar-refractivity contribution in [2.45, 2.75) is 39.3 Å². The maximum Gasteiger partial charge on any atom is 0.0714 e. The van der Waals surface area contributed by atoms with E-state index in [0.717, 1.165) is 11.0 Å². The van der Waals surface area contributed by atoms with Gasteiger partial charge in [0.15, 0.2) is 0 Å². The summed E-state index contributed by atoms with van der Waals surface area (Å²) in [4.78, 5) is 0. The van der Waals surface area contributed by atoms with E-state index < -0.39 is 0 Å². The second-order valence-corrected chi connectivity index (χ2v) is 5.30. The Morgan fingerprint density at radius 2 is 2.40 bits per heavy atom. The highest BCUT2D eigenvalue weighted by Gasteiger charge is 2.47. The van der Waals surface area contributed by atoms with Crippen molar-refractivity contribution in [3.05, 3.63) is 16.4 Å². The summed E-state index contributed by atoms with van der Waals surface area (Å²) in [5.41, 5.74) is 4.39. The molecule has 84 valence electrons. The van der Waals surface area contributed by atoms with E-state index in [1.807, 2.05) is 10.9 Å². The maximum absolute atomic E-state index is 5.67. The Morgan fingerprint density at radius 1 is 1.73 bits per heavy atom. The summed E-state index contributed by atoms with van der Waals surface area (Å²) in [6, 6.07) is 0.189. The molecule has 3 N–H and O–H groups in total. The molecule has 1 aliphatic rings. The second kappa shape index (κ2) is 3.88. The van der Waals surface area contributed by atoms with Gasteiger partial charge in [0, 0.05) is 6.54 Å². The second-order valence-electron chi connectivity index (χ2n) is 4.45. The van der Waals surface area contributed by atoms with Crippen molar-refractivity contribution in [2.75, 3.05) is 0 Å². The molecule has 2 rings (SSSR count). The van der Waals surface area contributed by atoms with Crippen molar-refractivity contribution in [1.82, 2.24) is 15.2 Å². The molecule has 0 saturated heterocycles. The molecular weight excluding hydrogens is 256 g/mol. The predicted octanol–water partition coefficient (Wildman–Crippen LogP) is 1.97. The van der Waals surface area contributed by atoms with Gasteiger partial charge in [-0.3, -0.25) is 16.0 Å². The number of nitrogens with zero attached hydrogens (tertiary/aromatic N) is 2. The molecule has 0 spiro atoms. The van der Waals surface area contributed by atoms with Gasteiger partial charge in [0.05, 0.1) is 22.4 Å². The van der Waals surface area contributed by atoms with Crippen molar-refractivity contribution in [3.8, 4) is 0 Å². The summed E-state index contributed by atoms with van der Waals surface area (Å²) in [6.45, 7) is 5.22. The fourth-order valence-electron chi connectivity index (χ4n) is 2.01. The Labute approximate surface area is 98.3 Å². The highest BCUT2D eigenvalue weighted by molar-refractivity contribution is 9.10. The Kier molecular flexibility index (Phi) is 2.87. The molecular formula is C10H17BrN4. The molecule has 0 bridgehead atoms. The number of aryl methyl sites for hydroxylation is 1. The van der Waals surface area contributed by atoms with Gasteiger partial charge in [-0.1, -0.05) is 6.92 Å². The van der Waals surface area contributed by atoms with Gasteiger partial charge in [-0.05, 0) is 41.1 Å². The summed E-state index contributed by atoms with van der Waals surface area (Å²) >= 11 is 3.54. The predicted molar refractivity (Wildman–Crippen MR) is 63.0 cm³/mol. The first kappa shape index (κ1) is 11.1. The average molecular weight is 273 g/mol. The Hall–Kier alpha value is -0.390. The normalized spacial score (nSPS) is 20.3. The smallest absolute Gasteiger partial charge is 0.0714 e. The van der Waals surface area contributed by atoms with E-state index >= 15 is 0 Å². The Bertz CT molecular complexity index is 356. The van der Waals surface area contributed by atoms with E-state index in [4.69, 9.17) is 5.84 Å². The van der Waals surface area contributed by atoms with Gasteiger partial charge in [0.1, 0.15) is 0 Å². The summed E-state index contributed by atoms with van der Waals surface area (Å²) < 4.78 is 3.04. The zero-order valence-electron chi connectivity index (χ0n) is 9.13. The third-order valence-electron chi connectivity index (χ3n) is 3.31. The molecule has 1 unspecified atom stereocenters. The standard InChI is InChI=1S/C10H17BrN4/c1-3-15-8(7(11)6-13-15)9(14-12)10(2)4-5-10/h6,9,14H,3-5,12H2,1-2H3. The van der Waals surface area contributed by atoms with Crippen LogP contribution in [0.3, 0.4) is 0 Å². The molecule has 1 aliphatic carbocycles. The van der Waals surface area contributed by atoms with Crippen molar-refractivity contribution in [1.29, 1.82) is 0 Å².